The third kappa shape index (κ3) is 2.36. The number of aromatic nitrogens is 3. The van der Waals surface area contributed by atoms with Crippen LogP contribution in [0, 0.1) is 11.8 Å². The highest BCUT2D eigenvalue weighted by molar-refractivity contribution is 5.96. The van der Waals surface area contributed by atoms with Crippen molar-refractivity contribution in [3.05, 3.63) is 18.4 Å². The summed E-state index contributed by atoms with van der Waals surface area (Å²) in [6.45, 7) is 0. The number of hydrogen-bond donors (Lipinski definition) is 0. The SMILES string of the molecule is O=C(C1CC1)N1c2nc(-c3ccco3)nn2C2(CCCCC2)[C@@H]2CCCC[C@@H]21. The molecule has 2 atom stereocenters. The van der Waals surface area contributed by atoms with Crippen molar-refractivity contribution in [3.63, 3.8) is 0 Å². The van der Waals surface area contributed by atoms with E-state index in [-0.39, 0.29) is 17.4 Å². The number of furan rings is 1. The summed E-state index contributed by atoms with van der Waals surface area (Å²) in [4.78, 5) is 20.3. The fourth-order valence-corrected chi connectivity index (χ4v) is 6.16. The first-order chi connectivity index (χ1) is 13.8. The Labute approximate surface area is 165 Å². The molecule has 6 rings (SSSR count). The van der Waals surface area contributed by atoms with Gasteiger partial charge in [0, 0.05) is 17.9 Å². The first kappa shape index (κ1) is 16.8. The van der Waals surface area contributed by atoms with E-state index >= 15 is 0 Å². The van der Waals surface area contributed by atoms with E-state index in [2.05, 4.69) is 9.58 Å². The average molecular weight is 380 g/mol. The summed E-state index contributed by atoms with van der Waals surface area (Å²) in [6.07, 6.45) is 14.6. The molecule has 1 amide bonds. The summed E-state index contributed by atoms with van der Waals surface area (Å²) in [5.74, 6) is 3.07. The van der Waals surface area contributed by atoms with Crippen LogP contribution in [0.4, 0.5) is 5.95 Å². The maximum atomic E-state index is 13.4. The van der Waals surface area contributed by atoms with E-state index in [0.717, 1.165) is 38.1 Å². The maximum Gasteiger partial charge on any atom is 0.232 e. The lowest BCUT2D eigenvalue weighted by molar-refractivity contribution is -0.122. The van der Waals surface area contributed by atoms with Gasteiger partial charge < -0.3 is 4.42 Å². The van der Waals surface area contributed by atoms with Gasteiger partial charge in [0.25, 0.3) is 0 Å². The number of hydrogen-bond acceptors (Lipinski definition) is 4. The van der Waals surface area contributed by atoms with E-state index in [1.165, 1.54) is 38.5 Å². The molecule has 2 aromatic rings. The highest BCUT2D eigenvalue weighted by Crippen LogP contribution is 2.53. The topological polar surface area (TPSA) is 64.2 Å². The average Bonchev–Trinajstić information content (AvgIpc) is 3.25. The number of carbonyl (C=O) groups is 1. The monoisotopic (exact) mass is 380 g/mol. The lowest BCUT2D eigenvalue weighted by Gasteiger charge is -2.55. The van der Waals surface area contributed by atoms with Crippen molar-refractivity contribution in [2.45, 2.75) is 82.2 Å². The van der Waals surface area contributed by atoms with E-state index in [1.54, 1.807) is 6.26 Å². The summed E-state index contributed by atoms with van der Waals surface area (Å²) in [5, 5.41) is 4.99. The summed E-state index contributed by atoms with van der Waals surface area (Å²) in [5.41, 5.74) is 0.0246. The molecule has 1 spiro atoms. The Kier molecular flexibility index (Phi) is 3.72. The smallest absolute Gasteiger partial charge is 0.232 e. The van der Waals surface area contributed by atoms with Crippen LogP contribution in [0.25, 0.3) is 11.6 Å². The van der Waals surface area contributed by atoms with Gasteiger partial charge in [-0.3, -0.25) is 9.69 Å². The van der Waals surface area contributed by atoms with Crippen LogP contribution in [0.1, 0.15) is 70.6 Å². The van der Waals surface area contributed by atoms with Crippen LogP contribution in [-0.4, -0.2) is 26.7 Å². The number of amides is 1. The molecule has 28 heavy (non-hydrogen) atoms. The largest absolute Gasteiger partial charge is 0.461 e. The molecule has 0 N–H and O–H groups in total. The second-order valence-electron chi connectivity index (χ2n) is 9.23. The second kappa shape index (κ2) is 6.19. The highest BCUT2D eigenvalue weighted by Gasteiger charge is 2.56. The van der Waals surface area contributed by atoms with Crippen molar-refractivity contribution in [1.29, 1.82) is 0 Å². The number of nitrogens with zero attached hydrogens (tertiary/aromatic N) is 4. The number of fused-ring (bicyclic) bond motifs is 4. The van der Waals surface area contributed by atoms with Gasteiger partial charge in [-0.25, -0.2) is 4.68 Å². The van der Waals surface area contributed by atoms with Crippen LogP contribution < -0.4 is 4.90 Å². The summed E-state index contributed by atoms with van der Waals surface area (Å²) < 4.78 is 7.78. The van der Waals surface area contributed by atoms with Gasteiger partial charge in [-0.1, -0.05) is 32.1 Å². The van der Waals surface area contributed by atoms with Crippen LogP contribution >= 0.6 is 0 Å². The van der Waals surface area contributed by atoms with Crippen LogP contribution in [0.5, 0.6) is 0 Å². The Bertz CT molecular complexity index is 876. The van der Waals surface area contributed by atoms with Crippen molar-refractivity contribution in [2.24, 2.45) is 11.8 Å². The fraction of sp³-hybridized carbons (Fsp3) is 0.682. The Morgan fingerprint density at radius 3 is 2.64 bits per heavy atom. The molecular formula is C22H28N4O2. The van der Waals surface area contributed by atoms with Crippen LogP contribution in [0.3, 0.4) is 0 Å². The fourth-order valence-electron chi connectivity index (χ4n) is 6.16. The molecular weight excluding hydrogens is 352 g/mol. The van der Waals surface area contributed by atoms with Crippen LogP contribution in [0.15, 0.2) is 22.8 Å². The quantitative estimate of drug-likeness (QED) is 0.769. The minimum atomic E-state index is 0.0246. The Balaban J connectivity index is 1.54. The molecule has 6 heteroatoms. The third-order valence-corrected chi connectivity index (χ3v) is 7.60. The van der Waals surface area contributed by atoms with Gasteiger partial charge in [-0.15, -0.1) is 5.10 Å². The molecule has 0 unspecified atom stereocenters. The Morgan fingerprint density at radius 2 is 1.89 bits per heavy atom. The van der Waals surface area contributed by atoms with Gasteiger partial charge in [0.1, 0.15) is 0 Å². The lowest BCUT2D eigenvalue weighted by Crippen LogP contribution is -2.61. The third-order valence-electron chi connectivity index (χ3n) is 7.60. The van der Waals surface area contributed by atoms with Crippen LogP contribution in [-0.2, 0) is 10.3 Å². The van der Waals surface area contributed by atoms with E-state index < -0.39 is 0 Å². The van der Waals surface area contributed by atoms with E-state index in [9.17, 15) is 4.79 Å². The molecule has 6 nitrogen and oxygen atoms in total. The zero-order valence-electron chi connectivity index (χ0n) is 16.3. The molecule has 0 bridgehead atoms. The predicted octanol–water partition coefficient (Wildman–Crippen LogP) is 4.51. The standard InChI is InChI=1S/C22H28N4O2/c27-20(15-10-11-15)25-17-8-3-2-7-16(17)22(12-4-1-5-13-22)26-21(25)23-19(24-26)18-9-6-14-28-18/h6,9,14-17H,1-5,7-8,10-13H2/t16-,17+/m1/s1. The molecule has 2 aromatic heterocycles. The molecule has 148 valence electrons. The zero-order valence-corrected chi connectivity index (χ0v) is 16.3. The van der Waals surface area contributed by atoms with Gasteiger partial charge >= 0.3 is 0 Å². The first-order valence-corrected chi connectivity index (χ1v) is 11.1. The minimum Gasteiger partial charge on any atom is -0.461 e. The second-order valence-corrected chi connectivity index (χ2v) is 9.23. The summed E-state index contributed by atoms with van der Waals surface area (Å²) in [7, 11) is 0. The van der Waals surface area contributed by atoms with E-state index in [4.69, 9.17) is 14.5 Å². The van der Waals surface area contributed by atoms with E-state index in [1.807, 2.05) is 12.1 Å². The van der Waals surface area contributed by atoms with Gasteiger partial charge in [-0.2, -0.15) is 4.98 Å². The van der Waals surface area contributed by atoms with Gasteiger partial charge in [0.2, 0.25) is 17.7 Å². The lowest BCUT2D eigenvalue weighted by atomic mass is 9.64. The summed E-state index contributed by atoms with van der Waals surface area (Å²) in [6, 6.07) is 4.08. The zero-order chi connectivity index (χ0) is 18.7. The number of rotatable bonds is 2. The highest BCUT2D eigenvalue weighted by atomic mass is 16.3. The molecule has 0 saturated heterocycles. The molecule has 3 saturated carbocycles. The maximum absolute atomic E-state index is 13.4. The van der Waals surface area contributed by atoms with E-state index in [0.29, 0.717) is 23.5 Å². The first-order valence-electron chi connectivity index (χ1n) is 11.1. The number of anilines is 1. The van der Waals surface area contributed by atoms with Gasteiger partial charge in [0.15, 0.2) is 5.76 Å². The molecule has 4 aliphatic rings. The van der Waals surface area contributed by atoms with Crippen molar-refractivity contribution < 1.29 is 9.21 Å². The Hall–Kier alpha value is -2.11. The summed E-state index contributed by atoms with van der Waals surface area (Å²) >= 11 is 0. The minimum absolute atomic E-state index is 0.0246. The number of carbonyl (C=O) groups excluding carboxylic acids is 1. The normalized spacial score (nSPS) is 28.8. The van der Waals surface area contributed by atoms with Crippen molar-refractivity contribution in [3.8, 4) is 11.6 Å². The van der Waals surface area contributed by atoms with Crippen LogP contribution in [0.2, 0.25) is 0 Å². The molecule has 3 fully saturated rings. The van der Waals surface area contributed by atoms with Crippen molar-refractivity contribution in [2.75, 3.05) is 4.90 Å². The molecule has 3 heterocycles. The van der Waals surface area contributed by atoms with Crippen molar-refractivity contribution in [1.82, 2.24) is 14.8 Å². The Morgan fingerprint density at radius 1 is 1.07 bits per heavy atom. The van der Waals surface area contributed by atoms with Gasteiger partial charge in [0.05, 0.1) is 11.8 Å². The molecule has 0 radical (unpaired) electrons. The molecule has 3 aliphatic carbocycles. The molecule has 0 aromatic carbocycles. The van der Waals surface area contributed by atoms with Crippen molar-refractivity contribution >= 4 is 11.9 Å². The molecule has 1 aliphatic heterocycles. The van der Waals surface area contributed by atoms with Gasteiger partial charge in [-0.05, 0) is 50.7 Å². The predicted molar refractivity (Wildman–Crippen MR) is 105 cm³/mol.